The molecule has 0 saturated carbocycles. The number of amides is 1. The van der Waals surface area contributed by atoms with Gasteiger partial charge in [-0.3, -0.25) is 4.79 Å². The minimum atomic E-state index is -0.743. The van der Waals surface area contributed by atoms with Crippen molar-refractivity contribution in [2.24, 2.45) is 0 Å². The van der Waals surface area contributed by atoms with Gasteiger partial charge in [-0.05, 0) is 41.3 Å². The standard InChI is InChI=1S/C24H23NO3/c1-17-8-6-7-11-21(17)16-22(24(27)28-2)25-23(26)20-14-12-19(13-15-20)18-9-4-3-5-10-18/h3-15,22H,16H2,1-2H3,(H,25,26)/t22-/m0/s1. The molecule has 28 heavy (non-hydrogen) atoms. The van der Waals surface area contributed by atoms with Crippen molar-refractivity contribution in [1.29, 1.82) is 0 Å². The van der Waals surface area contributed by atoms with Gasteiger partial charge in [0.2, 0.25) is 0 Å². The van der Waals surface area contributed by atoms with Crippen LogP contribution in [0.25, 0.3) is 11.1 Å². The van der Waals surface area contributed by atoms with Crippen molar-refractivity contribution in [3.63, 3.8) is 0 Å². The zero-order valence-corrected chi connectivity index (χ0v) is 16.0. The number of hydrogen-bond donors (Lipinski definition) is 1. The number of aryl methyl sites for hydroxylation is 1. The number of ether oxygens (including phenoxy) is 1. The summed E-state index contributed by atoms with van der Waals surface area (Å²) in [7, 11) is 1.33. The summed E-state index contributed by atoms with van der Waals surface area (Å²) in [6.07, 6.45) is 0.382. The van der Waals surface area contributed by atoms with Crippen LogP contribution in [0.15, 0.2) is 78.9 Å². The number of benzene rings is 3. The van der Waals surface area contributed by atoms with E-state index in [2.05, 4.69) is 5.32 Å². The number of esters is 1. The van der Waals surface area contributed by atoms with Gasteiger partial charge in [-0.1, -0.05) is 66.7 Å². The van der Waals surface area contributed by atoms with Gasteiger partial charge in [0.25, 0.3) is 5.91 Å². The molecule has 1 amide bonds. The Labute approximate surface area is 165 Å². The zero-order chi connectivity index (χ0) is 19.9. The molecule has 0 saturated heterocycles. The lowest BCUT2D eigenvalue weighted by molar-refractivity contribution is -0.142. The lowest BCUT2D eigenvalue weighted by Gasteiger charge is -2.18. The predicted octanol–water partition coefficient (Wildman–Crippen LogP) is 4.18. The van der Waals surface area contributed by atoms with Gasteiger partial charge in [0.15, 0.2) is 0 Å². The highest BCUT2D eigenvalue weighted by atomic mass is 16.5. The highest BCUT2D eigenvalue weighted by Gasteiger charge is 2.23. The van der Waals surface area contributed by atoms with Gasteiger partial charge < -0.3 is 10.1 Å². The first-order chi connectivity index (χ1) is 13.6. The lowest BCUT2D eigenvalue weighted by atomic mass is 10.0. The van der Waals surface area contributed by atoms with Gasteiger partial charge in [0.1, 0.15) is 6.04 Å². The minimum absolute atomic E-state index is 0.302. The molecule has 4 nitrogen and oxygen atoms in total. The van der Waals surface area contributed by atoms with Crippen molar-refractivity contribution < 1.29 is 14.3 Å². The molecule has 0 fully saturated rings. The van der Waals surface area contributed by atoms with Crippen LogP contribution in [0.4, 0.5) is 0 Å². The molecule has 3 rings (SSSR count). The summed E-state index contributed by atoms with van der Waals surface area (Å²) >= 11 is 0. The molecule has 0 heterocycles. The van der Waals surface area contributed by atoms with Crippen LogP contribution in [0.3, 0.4) is 0 Å². The number of carbonyl (C=O) groups is 2. The zero-order valence-electron chi connectivity index (χ0n) is 16.0. The topological polar surface area (TPSA) is 55.4 Å². The van der Waals surface area contributed by atoms with E-state index in [0.717, 1.165) is 22.3 Å². The summed E-state index contributed by atoms with van der Waals surface area (Å²) in [6, 6.07) is 24.3. The Balaban J connectivity index is 1.74. The van der Waals surface area contributed by atoms with Crippen LogP contribution in [-0.4, -0.2) is 25.0 Å². The van der Waals surface area contributed by atoms with Gasteiger partial charge in [0.05, 0.1) is 7.11 Å². The minimum Gasteiger partial charge on any atom is -0.467 e. The van der Waals surface area contributed by atoms with Crippen molar-refractivity contribution in [2.45, 2.75) is 19.4 Å². The van der Waals surface area contributed by atoms with Gasteiger partial charge in [0, 0.05) is 12.0 Å². The summed E-state index contributed by atoms with van der Waals surface area (Å²) < 4.78 is 4.88. The lowest BCUT2D eigenvalue weighted by Crippen LogP contribution is -2.43. The average Bonchev–Trinajstić information content (AvgIpc) is 2.75. The van der Waals surface area contributed by atoms with Crippen LogP contribution in [0.2, 0.25) is 0 Å². The molecule has 0 aliphatic carbocycles. The highest BCUT2D eigenvalue weighted by Crippen LogP contribution is 2.19. The number of methoxy groups -OCH3 is 1. The summed E-state index contributed by atoms with van der Waals surface area (Å²) in [5.74, 6) is -0.763. The average molecular weight is 373 g/mol. The molecule has 3 aromatic rings. The van der Waals surface area contributed by atoms with Gasteiger partial charge >= 0.3 is 5.97 Å². The number of nitrogens with one attached hydrogen (secondary N) is 1. The Bertz CT molecular complexity index is 949. The fourth-order valence-electron chi connectivity index (χ4n) is 3.08. The van der Waals surface area contributed by atoms with Crippen molar-refractivity contribution >= 4 is 11.9 Å². The van der Waals surface area contributed by atoms with Crippen molar-refractivity contribution in [2.75, 3.05) is 7.11 Å². The van der Waals surface area contributed by atoms with Gasteiger partial charge in [-0.2, -0.15) is 0 Å². The maximum Gasteiger partial charge on any atom is 0.328 e. The molecule has 0 spiro atoms. The maximum absolute atomic E-state index is 12.7. The molecule has 3 aromatic carbocycles. The second kappa shape index (κ2) is 9.00. The Hall–Kier alpha value is -3.40. The van der Waals surface area contributed by atoms with E-state index in [4.69, 9.17) is 4.74 Å². The summed E-state index contributed by atoms with van der Waals surface area (Å²) in [5.41, 5.74) is 4.68. The number of rotatable bonds is 6. The molecular weight excluding hydrogens is 350 g/mol. The smallest absolute Gasteiger partial charge is 0.328 e. The molecule has 142 valence electrons. The number of carbonyl (C=O) groups excluding carboxylic acids is 2. The first-order valence-corrected chi connectivity index (χ1v) is 9.17. The molecule has 4 heteroatoms. The number of hydrogen-bond acceptors (Lipinski definition) is 3. The van der Waals surface area contributed by atoms with Crippen LogP contribution >= 0.6 is 0 Å². The maximum atomic E-state index is 12.7. The van der Waals surface area contributed by atoms with E-state index in [9.17, 15) is 9.59 Å². The molecule has 1 atom stereocenters. The Morgan fingerprint density at radius 2 is 1.46 bits per heavy atom. The first kappa shape index (κ1) is 19.4. The largest absolute Gasteiger partial charge is 0.467 e. The third kappa shape index (κ3) is 4.65. The quantitative estimate of drug-likeness (QED) is 0.660. The Morgan fingerprint density at radius 3 is 2.11 bits per heavy atom. The monoisotopic (exact) mass is 373 g/mol. The van der Waals surface area contributed by atoms with E-state index in [1.807, 2.05) is 73.7 Å². The van der Waals surface area contributed by atoms with Crippen molar-refractivity contribution in [1.82, 2.24) is 5.32 Å². The molecule has 0 aliphatic rings. The third-order valence-corrected chi connectivity index (χ3v) is 4.73. The fourth-order valence-corrected chi connectivity index (χ4v) is 3.08. The Morgan fingerprint density at radius 1 is 0.857 bits per heavy atom. The van der Waals surface area contributed by atoms with E-state index in [-0.39, 0.29) is 5.91 Å². The van der Waals surface area contributed by atoms with Crippen LogP contribution in [0, 0.1) is 6.92 Å². The van der Waals surface area contributed by atoms with Gasteiger partial charge in [-0.15, -0.1) is 0 Å². The molecule has 0 unspecified atom stereocenters. The van der Waals surface area contributed by atoms with Gasteiger partial charge in [-0.25, -0.2) is 4.79 Å². The molecule has 0 radical (unpaired) electrons. The van der Waals surface area contributed by atoms with Crippen LogP contribution < -0.4 is 5.32 Å². The van der Waals surface area contributed by atoms with Crippen LogP contribution in [-0.2, 0) is 16.0 Å². The van der Waals surface area contributed by atoms with E-state index in [1.54, 1.807) is 12.1 Å². The summed E-state index contributed by atoms with van der Waals surface area (Å²) in [6.45, 7) is 1.98. The van der Waals surface area contributed by atoms with Crippen molar-refractivity contribution in [3.05, 3.63) is 95.6 Å². The molecule has 0 aliphatic heterocycles. The van der Waals surface area contributed by atoms with Crippen LogP contribution in [0.1, 0.15) is 21.5 Å². The normalized spacial score (nSPS) is 11.5. The van der Waals surface area contributed by atoms with Crippen LogP contribution in [0.5, 0.6) is 0 Å². The first-order valence-electron chi connectivity index (χ1n) is 9.17. The molecular formula is C24H23NO3. The second-order valence-electron chi connectivity index (χ2n) is 6.62. The van der Waals surface area contributed by atoms with E-state index in [1.165, 1.54) is 7.11 Å². The fraction of sp³-hybridized carbons (Fsp3) is 0.167. The second-order valence-corrected chi connectivity index (χ2v) is 6.62. The third-order valence-electron chi connectivity index (χ3n) is 4.73. The highest BCUT2D eigenvalue weighted by molar-refractivity contribution is 5.97. The van der Waals surface area contributed by atoms with E-state index >= 15 is 0 Å². The summed E-state index contributed by atoms with van der Waals surface area (Å²) in [5, 5.41) is 2.81. The van der Waals surface area contributed by atoms with Crippen molar-refractivity contribution in [3.8, 4) is 11.1 Å². The van der Waals surface area contributed by atoms with E-state index < -0.39 is 12.0 Å². The SMILES string of the molecule is COC(=O)[C@H](Cc1ccccc1C)NC(=O)c1ccc(-c2ccccc2)cc1. The molecule has 0 bridgehead atoms. The van der Waals surface area contributed by atoms with E-state index in [0.29, 0.717) is 12.0 Å². The summed E-state index contributed by atoms with van der Waals surface area (Å²) in [4.78, 5) is 24.9. The molecule has 1 N–H and O–H groups in total. The predicted molar refractivity (Wildman–Crippen MR) is 110 cm³/mol. The Kier molecular flexibility index (Phi) is 6.22. The molecule has 0 aromatic heterocycles.